The monoisotopic (exact) mass is 258 g/mol. The molecule has 1 heterocycles. The molecule has 1 atom stereocenters. The van der Waals surface area contributed by atoms with E-state index < -0.39 is 5.82 Å². The molecule has 1 saturated heterocycles. The fourth-order valence-corrected chi connectivity index (χ4v) is 2.08. The summed E-state index contributed by atoms with van der Waals surface area (Å²) in [7, 11) is 2.20. The van der Waals surface area contributed by atoms with Crippen LogP contribution >= 0.6 is 11.6 Å². The fourth-order valence-electron chi connectivity index (χ4n) is 1.93. The summed E-state index contributed by atoms with van der Waals surface area (Å²) in [5, 5.41) is 0.363. The van der Waals surface area contributed by atoms with E-state index in [1.165, 1.54) is 38.1 Å². The molecular formula is C13H20ClFN2. The summed E-state index contributed by atoms with van der Waals surface area (Å²) in [4.78, 5) is 2.41. The molecule has 17 heavy (non-hydrogen) atoms. The highest BCUT2D eigenvalue weighted by atomic mass is 35.5. The minimum atomic E-state index is -0.470. The fraction of sp³-hybridized carbons (Fsp3) is 0.538. The number of hydrogen-bond acceptors (Lipinski definition) is 2. The largest absolute Gasteiger partial charge is 0.396 e. The zero-order valence-electron chi connectivity index (χ0n) is 10.4. The lowest BCUT2D eigenvalue weighted by Crippen LogP contribution is -2.30. The van der Waals surface area contributed by atoms with Gasteiger partial charge in [0.05, 0.1) is 5.69 Å². The maximum atomic E-state index is 12.4. The van der Waals surface area contributed by atoms with Crippen LogP contribution in [-0.2, 0) is 0 Å². The Bertz CT molecular complexity index is 349. The summed E-state index contributed by atoms with van der Waals surface area (Å²) in [6, 6.07) is 4.15. The van der Waals surface area contributed by atoms with Gasteiger partial charge in [-0.1, -0.05) is 18.5 Å². The van der Waals surface area contributed by atoms with Crippen LogP contribution in [0.4, 0.5) is 10.1 Å². The Labute approximate surface area is 108 Å². The number of nitrogens with zero attached hydrogens (tertiary/aromatic N) is 1. The smallest absolute Gasteiger partial charge is 0.147 e. The van der Waals surface area contributed by atoms with E-state index in [9.17, 15) is 4.39 Å². The number of rotatable bonds is 0. The van der Waals surface area contributed by atoms with Crippen LogP contribution in [-0.4, -0.2) is 25.0 Å². The normalized spacial score (nSPS) is 20.6. The maximum Gasteiger partial charge on any atom is 0.147 e. The summed E-state index contributed by atoms with van der Waals surface area (Å²) in [5.41, 5.74) is 5.28. The van der Waals surface area contributed by atoms with Crippen LogP contribution in [0.1, 0.15) is 19.8 Å². The van der Waals surface area contributed by atoms with Gasteiger partial charge in [0.15, 0.2) is 0 Å². The standard InChI is InChI=1S/C7H15N.C6H5ClFN/c1-7-4-3-5-8(2)6-7;7-4-1-2-6(9)5(8)3-4/h7H,3-6H2,1-2H3;1-3H,9H2. The molecule has 96 valence electrons. The quantitative estimate of drug-likeness (QED) is 0.723. The van der Waals surface area contributed by atoms with Gasteiger partial charge in [0.1, 0.15) is 5.82 Å². The molecule has 0 saturated carbocycles. The second-order valence-electron chi connectivity index (χ2n) is 4.68. The van der Waals surface area contributed by atoms with Crippen LogP contribution < -0.4 is 5.73 Å². The highest BCUT2D eigenvalue weighted by Gasteiger charge is 2.11. The SMILES string of the molecule is CC1CCCN(C)C1.Nc1ccc(Cl)cc1F. The third-order valence-electron chi connectivity index (χ3n) is 2.82. The van der Waals surface area contributed by atoms with Gasteiger partial charge in [0, 0.05) is 11.6 Å². The molecule has 4 heteroatoms. The number of piperidine rings is 1. The number of halogens is 2. The van der Waals surface area contributed by atoms with Crippen LogP contribution in [0.5, 0.6) is 0 Å². The van der Waals surface area contributed by atoms with Gasteiger partial charge >= 0.3 is 0 Å². The highest BCUT2D eigenvalue weighted by Crippen LogP contribution is 2.15. The zero-order valence-corrected chi connectivity index (χ0v) is 11.2. The first-order valence-corrected chi connectivity index (χ1v) is 6.26. The Hall–Kier alpha value is -0.800. The van der Waals surface area contributed by atoms with E-state index >= 15 is 0 Å². The van der Waals surface area contributed by atoms with Crippen molar-refractivity contribution in [1.82, 2.24) is 4.90 Å². The predicted octanol–water partition coefficient (Wildman–Crippen LogP) is 3.41. The first-order valence-electron chi connectivity index (χ1n) is 5.88. The number of nitrogens with two attached hydrogens (primary N) is 1. The van der Waals surface area contributed by atoms with Gasteiger partial charge < -0.3 is 10.6 Å². The van der Waals surface area contributed by atoms with Gasteiger partial charge in [-0.15, -0.1) is 0 Å². The van der Waals surface area contributed by atoms with Crippen LogP contribution in [0.15, 0.2) is 18.2 Å². The van der Waals surface area contributed by atoms with E-state index in [0.717, 1.165) is 5.92 Å². The molecule has 2 N–H and O–H groups in total. The third kappa shape index (κ3) is 5.37. The van der Waals surface area contributed by atoms with Crippen molar-refractivity contribution in [1.29, 1.82) is 0 Å². The molecule has 1 fully saturated rings. The molecule has 1 unspecified atom stereocenters. The lowest BCUT2D eigenvalue weighted by atomic mass is 10.0. The Morgan fingerprint density at radius 2 is 2.18 bits per heavy atom. The van der Waals surface area contributed by atoms with Gasteiger partial charge in [-0.05, 0) is 50.6 Å². The molecule has 1 aromatic carbocycles. The molecule has 1 aromatic rings. The van der Waals surface area contributed by atoms with E-state index in [2.05, 4.69) is 18.9 Å². The van der Waals surface area contributed by atoms with Crippen LogP contribution in [0, 0.1) is 11.7 Å². The van der Waals surface area contributed by atoms with E-state index in [4.69, 9.17) is 17.3 Å². The minimum absolute atomic E-state index is 0.124. The molecule has 0 bridgehead atoms. The van der Waals surface area contributed by atoms with E-state index in [0.29, 0.717) is 5.02 Å². The van der Waals surface area contributed by atoms with Crippen molar-refractivity contribution in [2.75, 3.05) is 25.9 Å². The number of anilines is 1. The molecule has 0 aliphatic carbocycles. The summed E-state index contributed by atoms with van der Waals surface area (Å²) in [5.74, 6) is 0.469. The van der Waals surface area contributed by atoms with E-state index in [1.807, 2.05) is 0 Å². The molecule has 0 spiro atoms. The lowest BCUT2D eigenvalue weighted by molar-refractivity contribution is 0.221. The molecule has 2 rings (SSSR count). The number of benzene rings is 1. The lowest BCUT2D eigenvalue weighted by Gasteiger charge is -2.26. The molecule has 2 nitrogen and oxygen atoms in total. The molecule has 0 radical (unpaired) electrons. The Morgan fingerprint density at radius 1 is 1.47 bits per heavy atom. The van der Waals surface area contributed by atoms with Gasteiger partial charge in [0.2, 0.25) is 0 Å². The highest BCUT2D eigenvalue weighted by molar-refractivity contribution is 6.30. The molecule has 0 aromatic heterocycles. The molecule has 1 aliphatic heterocycles. The first-order chi connectivity index (χ1) is 7.99. The summed E-state index contributed by atoms with van der Waals surface area (Å²) >= 11 is 5.42. The first kappa shape index (κ1) is 14.3. The number of nitrogen functional groups attached to an aromatic ring is 1. The van der Waals surface area contributed by atoms with Gasteiger partial charge in [0.25, 0.3) is 0 Å². The minimum Gasteiger partial charge on any atom is -0.396 e. The molecular weight excluding hydrogens is 239 g/mol. The van der Waals surface area contributed by atoms with Gasteiger partial charge in [-0.25, -0.2) is 4.39 Å². The average molecular weight is 259 g/mol. The van der Waals surface area contributed by atoms with Gasteiger partial charge in [-0.2, -0.15) is 0 Å². The molecule has 1 aliphatic rings. The van der Waals surface area contributed by atoms with Crippen molar-refractivity contribution in [2.24, 2.45) is 5.92 Å². The second-order valence-corrected chi connectivity index (χ2v) is 5.11. The topological polar surface area (TPSA) is 29.3 Å². The number of hydrogen-bond donors (Lipinski definition) is 1. The average Bonchev–Trinajstić information content (AvgIpc) is 2.24. The maximum absolute atomic E-state index is 12.4. The van der Waals surface area contributed by atoms with Crippen molar-refractivity contribution in [2.45, 2.75) is 19.8 Å². The Morgan fingerprint density at radius 3 is 2.59 bits per heavy atom. The van der Waals surface area contributed by atoms with Crippen molar-refractivity contribution < 1.29 is 4.39 Å². The van der Waals surface area contributed by atoms with Crippen molar-refractivity contribution in [3.05, 3.63) is 29.0 Å². The zero-order chi connectivity index (χ0) is 12.8. The molecule has 0 amide bonds. The van der Waals surface area contributed by atoms with Crippen molar-refractivity contribution in [3.63, 3.8) is 0 Å². The Kier molecular flexibility index (Phi) is 5.72. The summed E-state index contributed by atoms with van der Waals surface area (Å²) < 4.78 is 12.4. The van der Waals surface area contributed by atoms with Crippen LogP contribution in [0.2, 0.25) is 5.02 Å². The Balaban J connectivity index is 0.000000171. The van der Waals surface area contributed by atoms with Crippen molar-refractivity contribution >= 4 is 17.3 Å². The van der Waals surface area contributed by atoms with E-state index in [-0.39, 0.29) is 5.69 Å². The second kappa shape index (κ2) is 6.82. The van der Waals surface area contributed by atoms with Gasteiger partial charge in [-0.3, -0.25) is 0 Å². The van der Waals surface area contributed by atoms with E-state index in [1.54, 1.807) is 6.07 Å². The van der Waals surface area contributed by atoms with Crippen molar-refractivity contribution in [3.8, 4) is 0 Å². The van der Waals surface area contributed by atoms with Crippen LogP contribution in [0.25, 0.3) is 0 Å². The summed E-state index contributed by atoms with van der Waals surface area (Å²) in [6.45, 7) is 4.94. The summed E-state index contributed by atoms with van der Waals surface area (Å²) in [6.07, 6.45) is 2.84. The third-order valence-corrected chi connectivity index (χ3v) is 3.06. The van der Waals surface area contributed by atoms with Crippen LogP contribution in [0.3, 0.4) is 0 Å². The number of likely N-dealkylation sites (tertiary alicyclic amines) is 1. The predicted molar refractivity (Wildman–Crippen MR) is 71.7 cm³/mol.